The molecule has 1 N–H and O–H groups in total. The molecular weight excluding hydrogens is 473 g/mol. The molecule has 2 amide bonds. The van der Waals surface area contributed by atoms with Gasteiger partial charge in [0.2, 0.25) is 5.91 Å². The molecule has 1 aliphatic rings. The predicted octanol–water partition coefficient (Wildman–Crippen LogP) is 4.74. The van der Waals surface area contributed by atoms with Gasteiger partial charge in [-0.05, 0) is 42.1 Å². The van der Waals surface area contributed by atoms with Gasteiger partial charge in [-0.2, -0.15) is 4.37 Å². The van der Waals surface area contributed by atoms with Crippen LogP contribution in [-0.4, -0.2) is 54.5 Å². The lowest BCUT2D eigenvalue weighted by Crippen LogP contribution is -2.48. The number of carbonyl (C=O) groups is 2. The second-order valence-electron chi connectivity index (χ2n) is 7.63. The zero-order valence-electron chi connectivity index (χ0n) is 18.1. The van der Waals surface area contributed by atoms with Gasteiger partial charge in [0.05, 0.1) is 13.7 Å². The number of benzene rings is 1. The van der Waals surface area contributed by atoms with Crippen molar-refractivity contribution in [2.75, 3.05) is 27.4 Å². The molecule has 1 saturated carbocycles. The Bertz CT molecular complexity index is 916. The Balaban J connectivity index is 1.97. The summed E-state index contributed by atoms with van der Waals surface area (Å²) < 4.78 is 14.8. The molecule has 1 fully saturated rings. The minimum atomic E-state index is -0.887. The Hall–Kier alpha value is -1.87. The highest BCUT2D eigenvalue weighted by Gasteiger charge is 2.35. The number of aromatic nitrogens is 1. The number of amides is 2. The molecule has 0 spiro atoms. The second kappa shape index (κ2) is 11.8. The molecular formula is C22H27Cl2N3O4S. The van der Waals surface area contributed by atoms with Crippen LogP contribution in [-0.2, 0) is 9.53 Å². The molecule has 1 aromatic carbocycles. The third kappa shape index (κ3) is 5.92. The van der Waals surface area contributed by atoms with Crippen molar-refractivity contribution >= 4 is 46.5 Å². The minimum absolute atomic E-state index is 0.0294. The number of halogens is 2. The molecule has 0 saturated heterocycles. The quantitative estimate of drug-likeness (QED) is 0.538. The summed E-state index contributed by atoms with van der Waals surface area (Å²) in [6.45, 7) is 0.417. The largest absolute Gasteiger partial charge is 0.497 e. The highest BCUT2D eigenvalue weighted by molar-refractivity contribution is 7.11. The highest BCUT2D eigenvalue weighted by Crippen LogP contribution is 2.33. The van der Waals surface area contributed by atoms with E-state index in [1.807, 2.05) is 0 Å². The van der Waals surface area contributed by atoms with Gasteiger partial charge in [0.15, 0.2) is 5.69 Å². The average molecular weight is 500 g/mol. The minimum Gasteiger partial charge on any atom is -0.497 e. The number of nitrogens with zero attached hydrogens (tertiary/aromatic N) is 2. The Labute approximate surface area is 202 Å². The molecule has 2 aromatic rings. The zero-order chi connectivity index (χ0) is 23.1. The van der Waals surface area contributed by atoms with Crippen molar-refractivity contribution in [3.05, 3.63) is 44.9 Å². The smallest absolute Gasteiger partial charge is 0.276 e. The van der Waals surface area contributed by atoms with E-state index in [0.29, 0.717) is 11.3 Å². The molecule has 1 heterocycles. The summed E-state index contributed by atoms with van der Waals surface area (Å²) in [5.74, 6) is -0.0666. The van der Waals surface area contributed by atoms with Crippen LogP contribution >= 0.6 is 34.7 Å². The Morgan fingerprint density at radius 2 is 1.88 bits per heavy atom. The maximum atomic E-state index is 13.5. The molecule has 1 unspecified atom stereocenters. The van der Waals surface area contributed by atoms with Gasteiger partial charge in [-0.25, -0.2) is 0 Å². The first-order chi connectivity index (χ1) is 15.5. The first-order valence-corrected chi connectivity index (χ1v) is 12.0. The van der Waals surface area contributed by atoms with Crippen molar-refractivity contribution in [2.24, 2.45) is 0 Å². The van der Waals surface area contributed by atoms with Crippen LogP contribution in [0.25, 0.3) is 0 Å². The van der Waals surface area contributed by atoms with Crippen molar-refractivity contribution in [2.45, 2.75) is 44.2 Å². The van der Waals surface area contributed by atoms with Crippen LogP contribution in [0.2, 0.25) is 9.36 Å². The topological polar surface area (TPSA) is 80.8 Å². The summed E-state index contributed by atoms with van der Waals surface area (Å²) in [6.07, 6.45) is 5.20. The molecule has 10 heteroatoms. The summed E-state index contributed by atoms with van der Waals surface area (Å²) in [7, 11) is 3.12. The molecule has 1 aliphatic carbocycles. The lowest BCUT2D eigenvalue weighted by Gasteiger charge is -2.33. The predicted molar refractivity (Wildman–Crippen MR) is 126 cm³/mol. The molecule has 0 aliphatic heterocycles. The second-order valence-corrected chi connectivity index (χ2v) is 9.38. The van der Waals surface area contributed by atoms with E-state index in [-0.39, 0.29) is 40.2 Å². The fourth-order valence-corrected chi connectivity index (χ4v) is 4.84. The summed E-state index contributed by atoms with van der Waals surface area (Å²) >= 11 is 13.2. The Morgan fingerprint density at radius 3 is 2.44 bits per heavy atom. The summed E-state index contributed by atoms with van der Waals surface area (Å²) in [6, 6.07) is 6.30. The SMILES string of the molecule is COCCN(C(=O)c1nsc(Cl)c1Cl)C(C(=O)NC1CCCCC1)c1ccc(OC)cc1. The Morgan fingerprint density at radius 1 is 1.19 bits per heavy atom. The number of hydrogen-bond acceptors (Lipinski definition) is 6. The van der Waals surface area contributed by atoms with E-state index in [9.17, 15) is 9.59 Å². The van der Waals surface area contributed by atoms with Gasteiger partial charge in [0.25, 0.3) is 5.91 Å². The summed E-state index contributed by atoms with van der Waals surface area (Å²) in [4.78, 5) is 28.5. The molecule has 0 radical (unpaired) electrons. The molecule has 32 heavy (non-hydrogen) atoms. The highest BCUT2D eigenvalue weighted by atomic mass is 35.5. The molecule has 0 bridgehead atoms. The lowest BCUT2D eigenvalue weighted by molar-refractivity contribution is -0.127. The number of carbonyl (C=O) groups excluding carboxylic acids is 2. The molecule has 1 aromatic heterocycles. The van der Waals surface area contributed by atoms with E-state index in [0.717, 1.165) is 37.2 Å². The van der Waals surface area contributed by atoms with Gasteiger partial charge in [-0.15, -0.1) is 0 Å². The fourth-order valence-electron chi connectivity index (χ4n) is 3.85. The van der Waals surface area contributed by atoms with Crippen LogP contribution in [0.5, 0.6) is 5.75 Å². The maximum Gasteiger partial charge on any atom is 0.276 e. The lowest BCUT2D eigenvalue weighted by atomic mass is 9.94. The van der Waals surface area contributed by atoms with Crippen molar-refractivity contribution in [1.82, 2.24) is 14.6 Å². The van der Waals surface area contributed by atoms with Crippen LogP contribution in [0, 0.1) is 0 Å². The van der Waals surface area contributed by atoms with Gasteiger partial charge in [0, 0.05) is 19.7 Å². The van der Waals surface area contributed by atoms with Gasteiger partial charge in [0.1, 0.15) is 21.2 Å². The zero-order valence-corrected chi connectivity index (χ0v) is 20.4. The number of methoxy groups -OCH3 is 2. The van der Waals surface area contributed by atoms with E-state index in [2.05, 4.69) is 9.69 Å². The first-order valence-electron chi connectivity index (χ1n) is 10.5. The van der Waals surface area contributed by atoms with E-state index in [1.165, 1.54) is 11.3 Å². The maximum absolute atomic E-state index is 13.5. The third-order valence-corrected chi connectivity index (χ3v) is 7.15. The Kier molecular flexibility index (Phi) is 9.16. The van der Waals surface area contributed by atoms with Crippen LogP contribution in [0.1, 0.15) is 54.2 Å². The van der Waals surface area contributed by atoms with Crippen LogP contribution < -0.4 is 10.1 Å². The van der Waals surface area contributed by atoms with Crippen LogP contribution in [0.3, 0.4) is 0 Å². The number of ether oxygens (including phenoxy) is 2. The van der Waals surface area contributed by atoms with E-state index in [1.54, 1.807) is 38.5 Å². The summed E-state index contributed by atoms with van der Waals surface area (Å²) in [5.41, 5.74) is 0.683. The molecule has 174 valence electrons. The van der Waals surface area contributed by atoms with Crippen LogP contribution in [0.15, 0.2) is 24.3 Å². The van der Waals surface area contributed by atoms with Crippen LogP contribution in [0.4, 0.5) is 0 Å². The monoisotopic (exact) mass is 499 g/mol. The number of rotatable bonds is 9. The summed E-state index contributed by atoms with van der Waals surface area (Å²) in [5, 5.41) is 3.24. The van der Waals surface area contributed by atoms with Crippen molar-refractivity contribution in [3.8, 4) is 5.75 Å². The molecule has 3 rings (SSSR count). The van der Waals surface area contributed by atoms with E-state index < -0.39 is 11.9 Å². The van der Waals surface area contributed by atoms with Crippen molar-refractivity contribution in [3.63, 3.8) is 0 Å². The molecule has 7 nitrogen and oxygen atoms in total. The van der Waals surface area contributed by atoms with Crippen molar-refractivity contribution in [1.29, 1.82) is 0 Å². The van der Waals surface area contributed by atoms with E-state index in [4.69, 9.17) is 32.7 Å². The van der Waals surface area contributed by atoms with Crippen molar-refractivity contribution < 1.29 is 19.1 Å². The molecule has 1 atom stereocenters. The number of hydrogen-bond donors (Lipinski definition) is 1. The normalized spacial score (nSPS) is 15.2. The fraction of sp³-hybridized carbons (Fsp3) is 0.500. The average Bonchev–Trinajstić information content (AvgIpc) is 3.15. The van der Waals surface area contributed by atoms with Gasteiger partial charge < -0.3 is 19.7 Å². The van der Waals surface area contributed by atoms with Gasteiger partial charge in [-0.1, -0.05) is 54.6 Å². The van der Waals surface area contributed by atoms with E-state index >= 15 is 0 Å². The first kappa shape index (κ1) is 24.8. The van der Waals surface area contributed by atoms with Gasteiger partial charge >= 0.3 is 0 Å². The van der Waals surface area contributed by atoms with Gasteiger partial charge in [-0.3, -0.25) is 9.59 Å². The standard InChI is InChI=1S/C22H27Cl2N3O4S/c1-30-13-12-27(22(29)18-17(23)20(24)32-26-18)19(14-8-10-16(31-2)11-9-14)21(28)25-15-6-4-3-5-7-15/h8-11,15,19H,3-7,12-13H2,1-2H3,(H,25,28). The number of nitrogens with one attached hydrogen (secondary N) is 1. The third-order valence-electron chi connectivity index (χ3n) is 5.54.